The molecular weight excluding hydrogens is 184 g/mol. The van der Waals surface area contributed by atoms with Crippen LogP contribution in [0.15, 0.2) is 23.1 Å². The fourth-order valence-corrected chi connectivity index (χ4v) is 2.22. The first-order valence-corrected chi connectivity index (χ1v) is 5.06. The van der Waals surface area contributed by atoms with Gasteiger partial charge in [-0.3, -0.25) is 4.79 Å². The van der Waals surface area contributed by atoms with Crippen molar-refractivity contribution in [3.8, 4) is 0 Å². The molecule has 4 heteroatoms. The molecule has 68 valence electrons. The van der Waals surface area contributed by atoms with Gasteiger partial charge in [0.1, 0.15) is 0 Å². The lowest BCUT2D eigenvalue weighted by molar-refractivity contribution is 0.1000. The smallest absolute Gasteiger partial charge is 0.248 e. The minimum atomic E-state index is -0.367. The number of anilines is 1. The van der Waals surface area contributed by atoms with Crippen molar-refractivity contribution in [1.29, 1.82) is 0 Å². The van der Waals surface area contributed by atoms with Gasteiger partial charge >= 0.3 is 0 Å². The Morgan fingerprint density at radius 2 is 2.38 bits per heavy atom. The molecule has 0 radical (unpaired) electrons. The summed E-state index contributed by atoms with van der Waals surface area (Å²) in [7, 11) is 0. The summed E-state index contributed by atoms with van der Waals surface area (Å²) in [6, 6.07) is 5.50. The molecule has 0 saturated heterocycles. The van der Waals surface area contributed by atoms with Crippen molar-refractivity contribution in [2.45, 2.75) is 4.90 Å². The van der Waals surface area contributed by atoms with Crippen LogP contribution >= 0.6 is 11.8 Å². The first kappa shape index (κ1) is 8.44. The third-order valence-corrected chi connectivity index (χ3v) is 3.00. The number of benzene rings is 1. The van der Waals surface area contributed by atoms with Crippen molar-refractivity contribution >= 4 is 23.4 Å². The molecule has 1 heterocycles. The van der Waals surface area contributed by atoms with E-state index in [1.807, 2.05) is 12.1 Å². The molecule has 1 aromatic carbocycles. The van der Waals surface area contributed by atoms with E-state index in [0.29, 0.717) is 5.56 Å². The predicted molar refractivity (Wildman–Crippen MR) is 54.2 cm³/mol. The number of nitrogens with one attached hydrogen (secondary N) is 1. The van der Waals surface area contributed by atoms with E-state index in [1.165, 1.54) is 0 Å². The third-order valence-electron chi connectivity index (χ3n) is 1.94. The molecule has 0 unspecified atom stereocenters. The van der Waals surface area contributed by atoms with Crippen LogP contribution in [0.4, 0.5) is 5.69 Å². The van der Waals surface area contributed by atoms with E-state index in [1.54, 1.807) is 17.8 Å². The zero-order valence-corrected chi connectivity index (χ0v) is 7.86. The molecule has 0 aliphatic carbocycles. The maximum atomic E-state index is 10.9. The summed E-state index contributed by atoms with van der Waals surface area (Å²) in [6.45, 7) is 0.980. The van der Waals surface area contributed by atoms with Crippen LogP contribution in [0.5, 0.6) is 0 Å². The summed E-state index contributed by atoms with van der Waals surface area (Å²) in [4.78, 5) is 12.0. The number of hydrogen-bond acceptors (Lipinski definition) is 3. The van der Waals surface area contributed by atoms with Crippen LogP contribution in [-0.2, 0) is 0 Å². The van der Waals surface area contributed by atoms with Gasteiger partial charge in [-0.05, 0) is 18.2 Å². The van der Waals surface area contributed by atoms with Gasteiger partial charge in [-0.1, -0.05) is 0 Å². The number of carbonyl (C=O) groups excluding carboxylic acids is 1. The second-order valence-corrected chi connectivity index (χ2v) is 3.99. The minimum Gasteiger partial charge on any atom is -0.383 e. The second kappa shape index (κ2) is 3.30. The molecule has 2 rings (SSSR count). The number of carbonyl (C=O) groups is 1. The van der Waals surface area contributed by atoms with Gasteiger partial charge in [0.2, 0.25) is 5.91 Å². The Hall–Kier alpha value is -1.16. The number of primary amides is 1. The highest BCUT2D eigenvalue weighted by molar-refractivity contribution is 7.99. The van der Waals surface area contributed by atoms with Crippen molar-refractivity contribution < 1.29 is 4.79 Å². The van der Waals surface area contributed by atoms with Crippen molar-refractivity contribution in [1.82, 2.24) is 0 Å². The summed E-state index contributed by atoms with van der Waals surface area (Å²) >= 11 is 1.75. The Morgan fingerprint density at radius 3 is 3.15 bits per heavy atom. The number of thioether (sulfide) groups is 1. The van der Waals surface area contributed by atoms with Gasteiger partial charge in [0.15, 0.2) is 0 Å². The molecule has 1 amide bonds. The number of rotatable bonds is 1. The number of hydrogen-bond donors (Lipinski definition) is 2. The molecular formula is C9H10N2OS. The maximum Gasteiger partial charge on any atom is 0.248 e. The summed E-state index contributed by atoms with van der Waals surface area (Å²) in [5.41, 5.74) is 6.86. The normalized spacial score (nSPS) is 14.5. The molecule has 0 spiro atoms. The zero-order valence-electron chi connectivity index (χ0n) is 7.04. The topological polar surface area (TPSA) is 55.1 Å². The lowest BCUT2D eigenvalue weighted by Gasteiger charge is -2.17. The molecule has 1 aliphatic heterocycles. The van der Waals surface area contributed by atoms with Crippen molar-refractivity contribution in [3.63, 3.8) is 0 Å². The van der Waals surface area contributed by atoms with Crippen LogP contribution in [0.3, 0.4) is 0 Å². The Bertz CT molecular complexity index is 351. The molecule has 13 heavy (non-hydrogen) atoms. The van der Waals surface area contributed by atoms with E-state index >= 15 is 0 Å². The average Bonchev–Trinajstić information content (AvgIpc) is 2.17. The lowest BCUT2D eigenvalue weighted by atomic mass is 10.2. The standard InChI is InChI=1S/C9H10N2OS/c10-9(12)6-1-2-7-8(5-6)13-4-3-11-7/h1-2,5,11H,3-4H2,(H2,10,12). The largest absolute Gasteiger partial charge is 0.383 e. The number of fused-ring (bicyclic) bond motifs is 1. The Balaban J connectivity index is 2.40. The lowest BCUT2D eigenvalue weighted by Crippen LogP contribution is -2.14. The Morgan fingerprint density at radius 1 is 1.54 bits per heavy atom. The van der Waals surface area contributed by atoms with E-state index in [2.05, 4.69) is 5.32 Å². The fraction of sp³-hybridized carbons (Fsp3) is 0.222. The van der Waals surface area contributed by atoms with E-state index in [4.69, 9.17) is 5.73 Å². The molecule has 0 fully saturated rings. The molecule has 3 nitrogen and oxygen atoms in total. The first-order chi connectivity index (χ1) is 6.27. The van der Waals surface area contributed by atoms with Gasteiger partial charge in [-0.2, -0.15) is 0 Å². The van der Waals surface area contributed by atoms with Crippen molar-refractivity contribution in [2.24, 2.45) is 5.73 Å². The van der Waals surface area contributed by atoms with Crippen molar-refractivity contribution in [3.05, 3.63) is 23.8 Å². The molecule has 3 N–H and O–H groups in total. The van der Waals surface area contributed by atoms with Crippen LogP contribution in [-0.4, -0.2) is 18.2 Å². The van der Waals surface area contributed by atoms with E-state index in [-0.39, 0.29) is 5.91 Å². The predicted octanol–water partition coefficient (Wildman–Crippen LogP) is 1.30. The van der Waals surface area contributed by atoms with Crippen LogP contribution in [0, 0.1) is 0 Å². The quantitative estimate of drug-likeness (QED) is 0.708. The van der Waals surface area contributed by atoms with Crippen molar-refractivity contribution in [2.75, 3.05) is 17.6 Å². The summed E-state index contributed by atoms with van der Waals surface area (Å²) in [5.74, 6) is 0.670. The van der Waals surface area contributed by atoms with E-state index in [9.17, 15) is 4.79 Å². The zero-order chi connectivity index (χ0) is 9.26. The third kappa shape index (κ3) is 1.62. The van der Waals surface area contributed by atoms with Gasteiger partial charge in [0, 0.05) is 28.4 Å². The van der Waals surface area contributed by atoms with Crippen LogP contribution in [0.25, 0.3) is 0 Å². The second-order valence-electron chi connectivity index (χ2n) is 2.85. The monoisotopic (exact) mass is 194 g/mol. The number of amides is 1. The van der Waals surface area contributed by atoms with Crippen LogP contribution < -0.4 is 11.1 Å². The Labute approximate surface area is 80.7 Å². The van der Waals surface area contributed by atoms with Crippen LogP contribution in [0.1, 0.15) is 10.4 Å². The van der Waals surface area contributed by atoms with Gasteiger partial charge in [-0.25, -0.2) is 0 Å². The minimum absolute atomic E-state index is 0.367. The molecule has 0 atom stereocenters. The molecule has 1 aliphatic rings. The molecule has 1 aromatic rings. The first-order valence-electron chi connectivity index (χ1n) is 4.08. The average molecular weight is 194 g/mol. The molecule has 0 aromatic heterocycles. The summed E-state index contributed by atoms with van der Waals surface area (Å²) < 4.78 is 0. The van der Waals surface area contributed by atoms with Gasteiger partial charge < -0.3 is 11.1 Å². The van der Waals surface area contributed by atoms with Gasteiger partial charge in [0.25, 0.3) is 0 Å². The highest BCUT2D eigenvalue weighted by atomic mass is 32.2. The fourth-order valence-electron chi connectivity index (χ4n) is 1.29. The summed E-state index contributed by atoms with van der Waals surface area (Å²) in [6.07, 6.45) is 0. The summed E-state index contributed by atoms with van der Waals surface area (Å²) in [5, 5.41) is 3.26. The maximum absolute atomic E-state index is 10.9. The van der Waals surface area contributed by atoms with Gasteiger partial charge in [-0.15, -0.1) is 11.8 Å². The van der Waals surface area contributed by atoms with Crippen LogP contribution in [0.2, 0.25) is 0 Å². The van der Waals surface area contributed by atoms with Gasteiger partial charge in [0.05, 0.1) is 0 Å². The number of nitrogens with two attached hydrogens (primary N) is 1. The Kier molecular flexibility index (Phi) is 2.14. The molecule has 0 bridgehead atoms. The highest BCUT2D eigenvalue weighted by Crippen LogP contribution is 2.31. The SMILES string of the molecule is NC(=O)c1ccc2c(c1)SCCN2. The molecule has 0 saturated carbocycles. The van der Waals surface area contributed by atoms with E-state index < -0.39 is 0 Å². The highest BCUT2D eigenvalue weighted by Gasteiger charge is 2.10. The van der Waals surface area contributed by atoms with E-state index in [0.717, 1.165) is 22.9 Å².